The van der Waals surface area contributed by atoms with Crippen molar-refractivity contribution in [1.82, 2.24) is 4.90 Å². The van der Waals surface area contributed by atoms with E-state index in [1.807, 2.05) is 11.3 Å². The van der Waals surface area contributed by atoms with Gasteiger partial charge in [0.05, 0.1) is 5.91 Å². The fourth-order valence-corrected chi connectivity index (χ4v) is 2.05. The summed E-state index contributed by atoms with van der Waals surface area (Å²) in [5.74, 6) is 0.651. The van der Waals surface area contributed by atoms with Gasteiger partial charge in [0.15, 0.2) is 0 Å². The molecule has 3 unspecified atom stereocenters. The molecule has 1 aliphatic heterocycles. The molecule has 0 aromatic rings. The van der Waals surface area contributed by atoms with Gasteiger partial charge >= 0.3 is 0 Å². The van der Waals surface area contributed by atoms with Crippen molar-refractivity contribution in [2.75, 3.05) is 0 Å². The summed E-state index contributed by atoms with van der Waals surface area (Å²) >= 11 is 0. The third kappa shape index (κ3) is 3.74. The average molecular weight is 285 g/mol. The molecule has 0 aromatic carbocycles. The first-order chi connectivity index (χ1) is 6.60. The first kappa shape index (κ1) is 15.4. The van der Waals surface area contributed by atoms with Gasteiger partial charge < -0.3 is 16.1 Å². The Balaban J connectivity index is 0.00000196. The van der Waals surface area contributed by atoms with Crippen LogP contribution in [0.2, 0.25) is 0 Å². The van der Waals surface area contributed by atoms with Gasteiger partial charge in [0.25, 0.3) is 0 Å². The fraction of sp³-hybridized carbons (Fsp3) is 0.833. The smallest absolute Gasteiger partial charge is 0.0857 e. The summed E-state index contributed by atoms with van der Waals surface area (Å²) in [6, 6.07) is 0.950. The Labute approximate surface area is 119 Å². The fourth-order valence-electron chi connectivity index (χ4n) is 2.05. The van der Waals surface area contributed by atoms with E-state index in [1.54, 1.807) is 0 Å². The number of rotatable bonds is 4. The first-order valence-corrected chi connectivity index (χ1v) is 5.77. The summed E-state index contributed by atoms with van der Waals surface area (Å²) in [6.07, 6.45) is 5.18. The third-order valence-corrected chi connectivity index (χ3v) is 3.28. The molecule has 85 valence electrons. The van der Waals surface area contributed by atoms with E-state index < -0.39 is 0 Å². The maximum absolute atomic E-state index is 11.8. The second kappa shape index (κ2) is 6.91. The maximum Gasteiger partial charge on any atom is 0.0857 e. The number of nitrogens with zero attached hydrogens (tertiary/aromatic N) is 1. The van der Waals surface area contributed by atoms with Crippen molar-refractivity contribution >= 4 is 5.91 Å². The van der Waals surface area contributed by atoms with Crippen LogP contribution in [-0.4, -0.2) is 22.9 Å². The molecule has 3 atom stereocenters. The van der Waals surface area contributed by atoms with Gasteiger partial charge in [0.2, 0.25) is 0 Å². The van der Waals surface area contributed by atoms with Crippen LogP contribution in [0, 0.1) is 12.3 Å². The first-order valence-electron chi connectivity index (χ1n) is 5.77. The molecule has 0 bridgehead atoms. The molecule has 0 saturated carbocycles. The number of carbonyl (C=O) groups is 1. The largest absolute Gasteiger partial charge is 0.362 e. The summed E-state index contributed by atoms with van der Waals surface area (Å²) < 4.78 is 0. The van der Waals surface area contributed by atoms with Crippen molar-refractivity contribution in [3.8, 4) is 0 Å². The predicted octanol–water partition coefficient (Wildman–Crippen LogP) is 2.63. The van der Waals surface area contributed by atoms with Crippen LogP contribution in [-0.2, 0) is 37.5 Å². The molecule has 1 radical (unpaired) electrons. The molecule has 1 saturated heterocycles. The number of amides is 1. The molecule has 0 aliphatic carbocycles. The van der Waals surface area contributed by atoms with E-state index in [1.165, 1.54) is 6.42 Å². The summed E-state index contributed by atoms with van der Waals surface area (Å²) in [7, 11) is 0. The van der Waals surface area contributed by atoms with Crippen molar-refractivity contribution in [1.29, 1.82) is 0 Å². The van der Waals surface area contributed by atoms with Crippen molar-refractivity contribution < 1.29 is 37.5 Å². The molecular formula is C12H22NOY-. The van der Waals surface area contributed by atoms with Gasteiger partial charge in [0, 0.05) is 44.8 Å². The minimum Gasteiger partial charge on any atom is -0.362 e. The van der Waals surface area contributed by atoms with E-state index in [2.05, 4.69) is 27.7 Å². The number of carbonyl (C=O) groups excluding carboxylic acids is 1. The minimum atomic E-state index is 0. The van der Waals surface area contributed by atoms with Gasteiger partial charge in [-0.25, -0.2) is 0 Å². The van der Waals surface area contributed by atoms with Crippen molar-refractivity contribution in [3.63, 3.8) is 0 Å². The standard InChI is InChI=1S/C12H22NO.Y/c1-5-9(3)7-12(14)13-10(4)8-11(13)6-2;/h7,9-11H,5-6,8H2,1-4H3;/q-1;. The van der Waals surface area contributed by atoms with Crippen LogP contribution in [0.15, 0.2) is 0 Å². The van der Waals surface area contributed by atoms with Crippen LogP contribution in [0.3, 0.4) is 0 Å². The summed E-state index contributed by atoms with van der Waals surface area (Å²) in [5, 5.41) is 0. The van der Waals surface area contributed by atoms with Crippen LogP contribution in [0.25, 0.3) is 0 Å². The molecule has 15 heavy (non-hydrogen) atoms. The van der Waals surface area contributed by atoms with E-state index in [0.29, 0.717) is 18.0 Å². The second-order valence-electron chi connectivity index (χ2n) is 4.44. The van der Waals surface area contributed by atoms with E-state index in [-0.39, 0.29) is 38.6 Å². The molecule has 0 spiro atoms. The molecule has 1 fully saturated rings. The van der Waals surface area contributed by atoms with Crippen LogP contribution < -0.4 is 0 Å². The van der Waals surface area contributed by atoms with Crippen LogP contribution in [0.5, 0.6) is 0 Å². The number of likely N-dealkylation sites (tertiary alicyclic amines) is 1. The Morgan fingerprint density at radius 2 is 2.13 bits per heavy atom. The summed E-state index contributed by atoms with van der Waals surface area (Å²) in [6.45, 7) is 8.50. The van der Waals surface area contributed by atoms with Gasteiger partial charge in [-0.15, -0.1) is 0 Å². The Morgan fingerprint density at radius 1 is 1.53 bits per heavy atom. The van der Waals surface area contributed by atoms with Gasteiger partial charge in [-0.3, -0.25) is 0 Å². The zero-order valence-electron chi connectivity index (χ0n) is 10.4. The number of hydrogen-bond donors (Lipinski definition) is 0. The van der Waals surface area contributed by atoms with E-state index in [9.17, 15) is 4.79 Å². The van der Waals surface area contributed by atoms with Crippen LogP contribution in [0.1, 0.15) is 47.0 Å². The quantitative estimate of drug-likeness (QED) is 0.727. The zero-order valence-corrected chi connectivity index (χ0v) is 13.2. The molecular weight excluding hydrogens is 263 g/mol. The topological polar surface area (TPSA) is 20.3 Å². The maximum atomic E-state index is 11.8. The second-order valence-corrected chi connectivity index (χ2v) is 4.44. The average Bonchev–Trinajstić information content (AvgIpc) is 2.13. The van der Waals surface area contributed by atoms with Crippen molar-refractivity contribution in [3.05, 3.63) is 6.42 Å². The van der Waals surface area contributed by atoms with Gasteiger partial charge in [-0.2, -0.15) is 5.92 Å². The van der Waals surface area contributed by atoms with Gasteiger partial charge in [0.1, 0.15) is 0 Å². The molecule has 3 heteroatoms. The van der Waals surface area contributed by atoms with Gasteiger partial charge in [-0.1, -0.05) is 27.2 Å². The number of hydrogen-bond acceptors (Lipinski definition) is 1. The Bertz CT molecular complexity index is 208. The Kier molecular flexibility index (Phi) is 7.11. The normalized spacial score (nSPS) is 26.3. The molecule has 1 heterocycles. The Hall–Kier alpha value is 0.444. The summed E-state index contributed by atoms with van der Waals surface area (Å²) in [5.41, 5.74) is 0. The third-order valence-electron chi connectivity index (χ3n) is 3.28. The van der Waals surface area contributed by atoms with Crippen molar-refractivity contribution in [2.24, 2.45) is 5.92 Å². The zero-order chi connectivity index (χ0) is 10.7. The Morgan fingerprint density at radius 3 is 2.53 bits per heavy atom. The molecule has 2 nitrogen and oxygen atoms in total. The van der Waals surface area contributed by atoms with Crippen molar-refractivity contribution in [2.45, 2.75) is 59.0 Å². The molecule has 1 amide bonds. The van der Waals surface area contributed by atoms with E-state index >= 15 is 0 Å². The molecule has 0 aromatic heterocycles. The SMILES string of the molecule is CCC(C)[CH-]C(=O)N1C(C)CC1CC.[Y]. The molecule has 0 N–H and O–H groups in total. The molecule has 1 aliphatic rings. The minimum absolute atomic E-state index is 0. The van der Waals surface area contributed by atoms with E-state index in [4.69, 9.17) is 0 Å². The van der Waals surface area contributed by atoms with Crippen LogP contribution in [0.4, 0.5) is 0 Å². The van der Waals surface area contributed by atoms with Gasteiger partial charge in [-0.05, 0) is 19.8 Å². The summed E-state index contributed by atoms with van der Waals surface area (Å²) in [4.78, 5) is 13.9. The predicted molar refractivity (Wildman–Crippen MR) is 58.8 cm³/mol. The van der Waals surface area contributed by atoms with Crippen LogP contribution >= 0.6 is 0 Å². The van der Waals surface area contributed by atoms with E-state index in [0.717, 1.165) is 12.8 Å². The molecule has 1 rings (SSSR count). The monoisotopic (exact) mass is 285 g/mol.